The number of ether oxygens (including phenoxy) is 3. The quantitative estimate of drug-likeness (QED) is 0.395. The van der Waals surface area contributed by atoms with E-state index < -0.39 is 11.7 Å². The van der Waals surface area contributed by atoms with Gasteiger partial charge in [-0.15, -0.1) is 0 Å². The van der Waals surface area contributed by atoms with E-state index in [1.54, 1.807) is 0 Å². The summed E-state index contributed by atoms with van der Waals surface area (Å²) in [7, 11) is 0. The number of para-hydroxylation sites is 1. The molecule has 118 valence electrons. The molecule has 4 nitrogen and oxygen atoms in total. The van der Waals surface area contributed by atoms with Crippen molar-refractivity contribution in [3.05, 3.63) is 30.3 Å². The number of hydrogen-bond acceptors (Lipinski definition) is 4. The summed E-state index contributed by atoms with van der Waals surface area (Å²) >= 11 is 0. The van der Waals surface area contributed by atoms with Crippen LogP contribution in [0.5, 0.6) is 5.75 Å². The molecule has 0 amide bonds. The van der Waals surface area contributed by atoms with Crippen LogP contribution in [0.1, 0.15) is 40.5 Å². The zero-order valence-corrected chi connectivity index (χ0v) is 13.4. The maximum absolute atomic E-state index is 12.0. The fourth-order valence-electron chi connectivity index (χ4n) is 1.51. The molecular formula is C17H26O4. The van der Waals surface area contributed by atoms with Crippen LogP contribution < -0.4 is 4.74 Å². The first-order chi connectivity index (χ1) is 9.99. The standard InChI is InChI=1S/C17H26O4/c1-5-15(21-16(18)17(3,4)6-2)20-13-12-19-14-10-8-7-9-11-14/h7-11,15H,5-6,12-13H2,1-4H3. The minimum absolute atomic E-state index is 0.221. The van der Waals surface area contributed by atoms with Gasteiger partial charge in [0.05, 0.1) is 12.0 Å². The Labute approximate surface area is 127 Å². The van der Waals surface area contributed by atoms with E-state index in [-0.39, 0.29) is 5.97 Å². The van der Waals surface area contributed by atoms with E-state index >= 15 is 0 Å². The van der Waals surface area contributed by atoms with Gasteiger partial charge in [-0.1, -0.05) is 32.0 Å². The van der Waals surface area contributed by atoms with Crippen LogP contribution in [0.15, 0.2) is 30.3 Å². The SMILES string of the molecule is CCC(OCCOc1ccccc1)OC(=O)C(C)(C)CC. The van der Waals surface area contributed by atoms with Gasteiger partial charge in [-0.2, -0.15) is 0 Å². The van der Waals surface area contributed by atoms with Gasteiger partial charge in [0, 0.05) is 6.42 Å². The Morgan fingerprint density at radius 1 is 1.14 bits per heavy atom. The molecule has 4 heteroatoms. The molecule has 0 aromatic heterocycles. The van der Waals surface area contributed by atoms with Crippen molar-refractivity contribution in [3.63, 3.8) is 0 Å². The molecule has 0 saturated carbocycles. The minimum Gasteiger partial charge on any atom is -0.491 e. The Morgan fingerprint density at radius 2 is 1.81 bits per heavy atom. The number of hydrogen-bond donors (Lipinski definition) is 0. The maximum Gasteiger partial charge on any atom is 0.313 e. The number of carbonyl (C=O) groups is 1. The lowest BCUT2D eigenvalue weighted by Gasteiger charge is -2.24. The first kappa shape index (κ1) is 17.5. The molecule has 0 fully saturated rings. The fraction of sp³-hybridized carbons (Fsp3) is 0.588. The molecule has 0 aliphatic rings. The van der Waals surface area contributed by atoms with Crippen molar-refractivity contribution in [2.24, 2.45) is 5.41 Å². The molecule has 0 radical (unpaired) electrons. The summed E-state index contributed by atoms with van der Waals surface area (Å²) in [6, 6.07) is 9.55. The summed E-state index contributed by atoms with van der Waals surface area (Å²) in [5.41, 5.74) is -0.475. The molecule has 0 bridgehead atoms. The zero-order valence-electron chi connectivity index (χ0n) is 13.4. The Balaban J connectivity index is 2.30. The molecule has 0 N–H and O–H groups in total. The third kappa shape index (κ3) is 6.17. The lowest BCUT2D eigenvalue weighted by molar-refractivity contribution is -0.190. The molecule has 0 aliphatic carbocycles. The van der Waals surface area contributed by atoms with Crippen molar-refractivity contribution in [2.75, 3.05) is 13.2 Å². The lowest BCUT2D eigenvalue weighted by atomic mass is 9.91. The van der Waals surface area contributed by atoms with Crippen LogP contribution in [0, 0.1) is 5.41 Å². The highest BCUT2D eigenvalue weighted by Gasteiger charge is 2.29. The summed E-state index contributed by atoms with van der Waals surface area (Å²) < 4.78 is 16.5. The summed E-state index contributed by atoms with van der Waals surface area (Å²) in [5.74, 6) is 0.582. The molecule has 0 heterocycles. The van der Waals surface area contributed by atoms with Crippen LogP contribution in [0.2, 0.25) is 0 Å². The molecule has 0 spiro atoms. The molecular weight excluding hydrogens is 268 g/mol. The Kier molecular flexibility index (Phi) is 7.23. The van der Waals surface area contributed by atoms with E-state index in [1.165, 1.54) is 0 Å². The second kappa shape index (κ2) is 8.67. The summed E-state index contributed by atoms with van der Waals surface area (Å²) in [4.78, 5) is 12.0. The lowest BCUT2D eigenvalue weighted by Crippen LogP contribution is -2.31. The molecule has 1 unspecified atom stereocenters. The molecule has 0 aliphatic heterocycles. The zero-order chi connectivity index (χ0) is 15.7. The first-order valence-electron chi connectivity index (χ1n) is 7.50. The number of rotatable bonds is 9. The highest BCUT2D eigenvalue weighted by molar-refractivity contribution is 5.75. The van der Waals surface area contributed by atoms with Crippen molar-refractivity contribution >= 4 is 5.97 Å². The Morgan fingerprint density at radius 3 is 2.38 bits per heavy atom. The maximum atomic E-state index is 12.0. The third-order valence-corrected chi connectivity index (χ3v) is 3.41. The van der Waals surface area contributed by atoms with Gasteiger partial charge in [-0.25, -0.2) is 0 Å². The highest BCUT2D eigenvalue weighted by atomic mass is 16.7. The van der Waals surface area contributed by atoms with Gasteiger partial charge in [0.1, 0.15) is 12.4 Å². The average Bonchev–Trinajstić information content (AvgIpc) is 2.51. The molecule has 1 aromatic carbocycles. The van der Waals surface area contributed by atoms with Gasteiger partial charge >= 0.3 is 5.97 Å². The predicted octanol–water partition coefficient (Wildman–Crippen LogP) is 3.80. The minimum atomic E-state index is -0.511. The van der Waals surface area contributed by atoms with E-state index in [4.69, 9.17) is 14.2 Å². The van der Waals surface area contributed by atoms with Gasteiger partial charge in [-0.05, 0) is 32.4 Å². The number of benzene rings is 1. The van der Waals surface area contributed by atoms with Crippen LogP contribution in [-0.2, 0) is 14.3 Å². The summed E-state index contributed by atoms with van der Waals surface area (Å²) in [5, 5.41) is 0. The van der Waals surface area contributed by atoms with Gasteiger partial charge in [0.15, 0.2) is 0 Å². The van der Waals surface area contributed by atoms with Gasteiger partial charge in [-0.3, -0.25) is 4.79 Å². The van der Waals surface area contributed by atoms with Crippen LogP contribution in [0.4, 0.5) is 0 Å². The monoisotopic (exact) mass is 294 g/mol. The number of carbonyl (C=O) groups excluding carboxylic acids is 1. The average molecular weight is 294 g/mol. The van der Waals surface area contributed by atoms with E-state index in [0.717, 1.165) is 12.2 Å². The Hall–Kier alpha value is -1.55. The van der Waals surface area contributed by atoms with E-state index in [0.29, 0.717) is 19.6 Å². The van der Waals surface area contributed by atoms with E-state index in [2.05, 4.69) is 0 Å². The smallest absolute Gasteiger partial charge is 0.313 e. The molecule has 21 heavy (non-hydrogen) atoms. The van der Waals surface area contributed by atoms with Crippen molar-refractivity contribution < 1.29 is 19.0 Å². The van der Waals surface area contributed by atoms with Crippen molar-refractivity contribution in [3.8, 4) is 5.75 Å². The van der Waals surface area contributed by atoms with Crippen LogP contribution in [0.25, 0.3) is 0 Å². The largest absolute Gasteiger partial charge is 0.491 e. The Bertz CT molecular complexity index is 414. The third-order valence-electron chi connectivity index (χ3n) is 3.41. The molecule has 1 rings (SSSR count). The first-order valence-corrected chi connectivity index (χ1v) is 7.50. The van der Waals surface area contributed by atoms with Crippen molar-refractivity contribution in [1.82, 2.24) is 0 Å². The molecule has 0 saturated heterocycles. The van der Waals surface area contributed by atoms with Crippen LogP contribution in [0.3, 0.4) is 0 Å². The van der Waals surface area contributed by atoms with Gasteiger partial charge in [0.25, 0.3) is 0 Å². The topological polar surface area (TPSA) is 44.8 Å². The number of esters is 1. The van der Waals surface area contributed by atoms with Gasteiger partial charge < -0.3 is 14.2 Å². The second-order valence-electron chi connectivity index (χ2n) is 5.51. The van der Waals surface area contributed by atoms with Crippen LogP contribution in [-0.4, -0.2) is 25.5 Å². The summed E-state index contributed by atoms with van der Waals surface area (Å²) in [6.07, 6.45) is 0.846. The second-order valence-corrected chi connectivity index (χ2v) is 5.51. The highest BCUT2D eigenvalue weighted by Crippen LogP contribution is 2.22. The fourth-order valence-corrected chi connectivity index (χ4v) is 1.51. The van der Waals surface area contributed by atoms with Crippen molar-refractivity contribution in [2.45, 2.75) is 46.8 Å². The van der Waals surface area contributed by atoms with Gasteiger partial charge in [0.2, 0.25) is 6.29 Å². The van der Waals surface area contributed by atoms with Crippen molar-refractivity contribution in [1.29, 1.82) is 0 Å². The van der Waals surface area contributed by atoms with E-state index in [9.17, 15) is 4.79 Å². The normalized spacial score (nSPS) is 12.8. The molecule has 1 aromatic rings. The summed E-state index contributed by atoms with van der Waals surface area (Å²) in [6.45, 7) is 8.45. The van der Waals surface area contributed by atoms with Crippen LogP contribution >= 0.6 is 0 Å². The predicted molar refractivity (Wildman–Crippen MR) is 82.1 cm³/mol. The molecule has 1 atom stereocenters. The van der Waals surface area contributed by atoms with E-state index in [1.807, 2.05) is 58.0 Å².